The molecule has 0 fully saturated rings. The summed E-state index contributed by atoms with van der Waals surface area (Å²) in [5.41, 5.74) is 0.644. The first kappa shape index (κ1) is 33.9. The van der Waals surface area contributed by atoms with Crippen LogP contribution in [0.2, 0.25) is 5.02 Å². The van der Waals surface area contributed by atoms with E-state index in [-0.39, 0.29) is 29.5 Å². The van der Waals surface area contributed by atoms with Crippen molar-refractivity contribution in [2.75, 3.05) is 26.3 Å². The van der Waals surface area contributed by atoms with Crippen LogP contribution in [0.15, 0.2) is 82.6 Å². The molecule has 1 amide bonds. The first-order chi connectivity index (χ1) is 20.3. The van der Waals surface area contributed by atoms with Crippen LogP contribution in [0, 0.1) is 0 Å². The van der Waals surface area contributed by atoms with Gasteiger partial charge in [0.15, 0.2) is 6.61 Å². The van der Waals surface area contributed by atoms with Gasteiger partial charge < -0.3 is 24.2 Å². The Morgan fingerprint density at radius 1 is 0.977 bits per heavy atom. The molecule has 0 aliphatic carbocycles. The Labute approximate surface area is 258 Å². The highest BCUT2D eigenvalue weighted by Gasteiger charge is 2.25. The summed E-state index contributed by atoms with van der Waals surface area (Å²) in [7, 11) is -3.81. The van der Waals surface area contributed by atoms with Gasteiger partial charge >= 0.3 is 12.1 Å². The highest BCUT2D eigenvalue weighted by Crippen LogP contribution is 2.24. The summed E-state index contributed by atoms with van der Waals surface area (Å²) in [5.74, 6) is -0.150. The lowest BCUT2D eigenvalue weighted by Crippen LogP contribution is -2.40. The molecule has 3 rings (SSSR count). The van der Waals surface area contributed by atoms with Gasteiger partial charge in [-0.2, -0.15) is 0 Å². The molecule has 0 aromatic heterocycles. The molecule has 0 radical (unpaired) electrons. The molecule has 0 bridgehead atoms. The van der Waals surface area contributed by atoms with Crippen LogP contribution < -0.4 is 4.74 Å². The predicted octanol–water partition coefficient (Wildman–Crippen LogP) is 6.02. The summed E-state index contributed by atoms with van der Waals surface area (Å²) in [4.78, 5) is 26.2. The maximum Gasteiger partial charge on any atom is 0.410 e. The summed E-state index contributed by atoms with van der Waals surface area (Å²) in [6.07, 6.45) is -0.448. The van der Waals surface area contributed by atoms with Crippen molar-refractivity contribution in [1.29, 1.82) is 0 Å². The molecule has 9 nitrogen and oxygen atoms in total. The number of nitrogens with zero attached hydrogens (tertiary/aromatic N) is 1. The van der Waals surface area contributed by atoms with Gasteiger partial charge in [0, 0.05) is 11.6 Å². The number of hydrogen-bond donors (Lipinski definition) is 1. The first-order valence-electron chi connectivity index (χ1n) is 13.9. The van der Waals surface area contributed by atoms with Crippen molar-refractivity contribution in [3.8, 4) is 5.75 Å². The van der Waals surface area contributed by atoms with Crippen molar-refractivity contribution >= 4 is 33.5 Å². The van der Waals surface area contributed by atoms with Gasteiger partial charge in [-0.1, -0.05) is 42.8 Å². The average molecular weight is 632 g/mol. The zero-order valence-electron chi connectivity index (χ0n) is 24.8. The van der Waals surface area contributed by atoms with Gasteiger partial charge in [0.05, 0.1) is 29.0 Å². The second-order valence-electron chi connectivity index (χ2n) is 10.9. The summed E-state index contributed by atoms with van der Waals surface area (Å²) >= 11 is 6.06. The number of aliphatic hydroxyl groups is 1. The van der Waals surface area contributed by atoms with Crippen LogP contribution in [-0.4, -0.2) is 62.4 Å². The molecule has 0 heterocycles. The Bertz CT molecular complexity index is 1470. The van der Waals surface area contributed by atoms with Crippen LogP contribution in [0.3, 0.4) is 0 Å². The van der Waals surface area contributed by atoms with E-state index in [1.807, 2.05) is 6.92 Å². The Morgan fingerprint density at radius 3 is 2.19 bits per heavy atom. The van der Waals surface area contributed by atoms with Gasteiger partial charge in [-0.3, -0.25) is 0 Å². The number of hydrogen-bond acceptors (Lipinski definition) is 8. The van der Waals surface area contributed by atoms with E-state index in [4.69, 9.17) is 25.8 Å². The highest BCUT2D eigenvalue weighted by molar-refractivity contribution is 7.91. The van der Waals surface area contributed by atoms with Gasteiger partial charge in [0.25, 0.3) is 0 Å². The Kier molecular flexibility index (Phi) is 12.0. The topological polar surface area (TPSA) is 119 Å². The van der Waals surface area contributed by atoms with Gasteiger partial charge in [-0.05, 0) is 93.3 Å². The molecule has 3 aromatic rings. The van der Waals surface area contributed by atoms with Crippen LogP contribution in [0.1, 0.15) is 51.3 Å². The minimum atomic E-state index is -3.81. The SMILES string of the molecule is CCCOC(=O)COc1ccc(S(=O)(=O)c2ccc(CCN(C[C@H](O)c3cccc(Cl)c3)C(=O)OC(C)(C)C)cc2)cc1. The summed E-state index contributed by atoms with van der Waals surface area (Å²) in [5, 5.41) is 11.3. The lowest BCUT2D eigenvalue weighted by atomic mass is 10.1. The first-order valence-corrected chi connectivity index (χ1v) is 15.8. The molecule has 1 atom stereocenters. The molecular weight excluding hydrogens is 594 g/mol. The lowest BCUT2D eigenvalue weighted by molar-refractivity contribution is -0.146. The maximum absolute atomic E-state index is 13.2. The molecule has 0 unspecified atom stereocenters. The number of benzene rings is 3. The van der Waals surface area contributed by atoms with Crippen LogP contribution >= 0.6 is 11.6 Å². The van der Waals surface area contributed by atoms with E-state index in [0.29, 0.717) is 35.8 Å². The van der Waals surface area contributed by atoms with Crippen molar-refractivity contribution in [2.45, 2.75) is 62.0 Å². The van der Waals surface area contributed by atoms with E-state index < -0.39 is 33.6 Å². The van der Waals surface area contributed by atoms with Crippen LogP contribution in [0.25, 0.3) is 0 Å². The minimum Gasteiger partial charge on any atom is -0.482 e. The number of ether oxygens (including phenoxy) is 3. The second-order valence-corrected chi connectivity index (χ2v) is 13.3. The number of carbonyl (C=O) groups excluding carboxylic acids is 2. The molecular formula is C32H38ClNO8S. The van der Waals surface area contributed by atoms with E-state index in [2.05, 4.69) is 0 Å². The van der Waals surface area contributed by atoms with Crippen molar-refractivity contribution in [3.05, 3.63) is 88.9 Å². The number of esters is 1. The molecule has 43 heavy (non-hydrogen) atoms. The molecule has 0 spiro atoms. The fraction of sp³-hybridized carbons (Fsp3) is 0.375. The zero-order chi connectivity index (χ0) is 31.6. The van der Waals surface area contributed by atoms with Crippen molar-refractivity contribution in [1.82, 2.24) is 4.90 Å². The third-order valence-electron chi connectivity index (χ3n) is 6.14. The Balaban J connectivity index is 1.66. The van der Waals surface area contributed by atoms with E-state index in [9.17, 15) is 23.1 Å². The van der Waals surface area contributed by atoms with Crippen LogP contribution in [0.5, 0.6) is 5.75 Å². The van der Waals surface area contributed by atoms with E-state index in [1.165, 1.54) is 41.3 Å². The lowest BCUT2D eigenvalue weighted by Gasteiger charge is -2.29. The minimum absolute atomic E-state index is 0.0125. The standard InChI is InChI=1S/C32H38ClNO8S/c1-5-19-40-30(36)22-41-26-11-15-28(16-12-26)43(38,39)27-13-9-23(10-14-27)17-18-34(31(37)42-32(2,3)4)21-29(35)24-7-6-8-25(33)20-24/h6-16,20,29,35H,5,17-19,21-22H2,1-4H3/t29-/m0/s1. The third kappa shape index (κ3) is 10.6. The fourth-order valence-corrected chi connectivity index (χ4v) is 5.42. The van der Waals surface area contributed by atoms with Gasteiger partial charge in [0.2, 0.25) is 9.84 Å². The van der Waals surface area contributed by atoms with Crippen molar-refractivity contribution in [3.63, 3.8) is 0 Å². The molecule has 0 aliphatic heterocycles. The van der Waals surface area contributed by atoms with Gasteiger partial charge in [0.1, 0.15) is 11.4 Å². The quantitative estimate of drug-likeness (QED) is 0.228. The molecule has 0 saturated heterocycles. The third-order valence-corrected chi connectivity index (χ3v) is 8.16. The zero-order valence-corrected chi connectivity index (χ0v) is 26.4. The summed E-state index contributed by atoms with van der Waals surface area (Å²) in [6, 6.07) is 19.0. The van der Waals surface area contributed by atoms with Gasteiger partial charge in [-0.25, -0.2) is 18.0 Å². The molecule has 3 aromatic carbocycles. The van der Waals surface area contributed by atoms with Crippen LogP contribution in [0.4, 0.5) is 4.79 Å². The second kappa shape index (κ2) is 15.2. The summed E-state index contributed by atoms with van der Waals surface area (Å²) in [6.45, 7) is 7.44. The Morgan fingerprint density at radius 2 is 1.60 bits per heavy atom. The summed E-state index contributed by atoms with van der Waals surface area (Å²) < 4.78 is 42.3. The smallest absolute Gasteiger partial charge is 0.410 e. The van der Waals surface area contributed by atoms with Gasteiger partial charge in [-0.15, -0.1) is 0 Å². The molecule has 0 saturated carbocycles. The van der Waals surface area contributed by atoms with E-state index >= 15 is 0 Å². The largest absolute Gasteiger partial charge is 0.482 e. The Hall–Kier alpha value is -3.60. The fourth-order valence-electron chi connectivity index (χ4n) is 3.96. The average Bonchev–Trinajstić information content (AvgIpc) is 2.96. The molecule has 0 aliphatic rings. The predicted molar refractivity (Wildman–Crippen MR) is 163 cm³/mol. The number of halogens is 1. The number of rotatable bonds is 13. The molecule has 232 valence electrons. The monoisotopic (exact) mass is 631 g/mol. The van der Waals surface area contributed by atoms with Crippen LogP contribution in [-0.2, 0) is 30.5 Å². The molecule has 11 heteroatoms. The number of carbonyl (C=O) groups is 2. The highest BCUT2D eigenvalue weighted by atomic mass is 35.5. The number of aliphatic hydroxyl groups excluding tert-OH is 1. The molecule has 1 N–H and O–H groups in total. The van der Waals surface area contributed by atoms with E-state index in [0.717, 1.165) is 5.56 Å². The van der Waals surface area contributed by atoms with Crippen molar-refractivity contribution < 1.29 is 37.3 Å². The van der Waals surface area contributed by atoms with E-state index in [1.54, 1.807) is 57.2 Å². The number of sulfone groups is 1. The normalized spacial score (nSPS) is 12.3. The maximum atomic E-state index is 13.2. The van der Waals surface area contributed by atoms with Crippen molar-refractivity contribution in [2.24, 2.45) is 0 Å². The number of amides is 1.